The second-order valence-corrected chi connectivity index (χ2v) is 5.65. The quantitative estimate of drug-likeness (QED) is 0.375. The molecule has 1 rings (SSSR count). The Morgan fingerprint density at radius 3 is 2.41 bits per heavy atom. The molecule has 0 saturated carbocycles. The third-order valence-electron chi connectivity index (χ3n) is 3.63. The van der Waals surface area contributed by atoms with E-state index in [4.69, 9.17) is 14.6 Å². The van der Waals surface area contributed by atoms with Crippen LogP contribution in [0.25, 0.3) is 0 Å². The molecule has 7 atom stereocenters. The van der Waals surface area contributed by atoms with Gasteiger partial charge < -0.3 is 35.0 Å². The zero-order valence-corrected chi connectivity index (χ0v) is 13.1. The summed E-state index contributed by atoms with van der Waals surface area (Å²) in [5, 5.41) is 48.2. The fraction of sp³-hybridized carbons (Fsp3) is 0.867. The molecule has 1 aliphatic rings. The van der Waals surface area contributed by atoms with E-state index in [1.807, 2.05) is 19.1 Å². The molecule has 7 nitrogen and oxygen atoms in total. The Morgan fingerprint density at radius 1 is 1.14 bits per heavy atom. The SMILES string of the molecule is CC/C=C\C[C@H](O)C[C@@H](C)O[C@@H]1O[C@H](CO)[C@@H](O)[C@H](O)[C@H]1O. The van der Waals surface area contributed by atoms with Crippen molar-refractivity contribution in [1.29, 1.82) is 0 Å². The highest BCUT2D eigenvalue weighted by Gasteiger charge is 2.44. The maximum atomic E-state index is 9.87. The fourth-order valence-electron chi connectivity index (χ4n) is 2.36. The molecule has 0 bridgehead atoms. The lowest BCUT2D eigenvalue weighted by atomic mass is 9.99. The molecule has 22 heavy (non-hydrogen) atoms. The molecule has 1 saturated heterocycles. The molecule has 0 amide bonds. The minimum absolute atomic E-state index is 0.336. The highest BCUT2D eigenvalue weighted by molar-refractivity contribution is 4.89. The van der Waals surface area contributed by atoms with Crippen LogP contribution in [0.1, 0.15) is 33.1 Å². The van der Waals surface area contributed by atoms with Gasteiger partial charge >= 0.3 is 0 Å². The Bertz CT molecular complexity index is 334. The molecule has 0 aromatic rings. The lowest BCUT2D eigenvalue weighted by molar-refractivity contribution is -0.311. The van der Waals surface area contributed by atoms with Gasteiger partial charge in [0.05, 0.1) is 18.8 Å². The normalized spacial score (nSPS) is 35.7. The van der Waals surface area contributed by atoms with E-state index in [-0.39, 0.29) is 0 Å². The predicted molar refractivity (Wildman–Crippen MR) is 79.0 cm³/mol. The van der Waals surface area contributed by atoms with Crippen molar-refractivity contribution in [2.45, 2.75) is 76.0 Å². The first-order valence-electron chi connectivity index (χ1n) is 7.69. The molecule has 5 N–H and O–H groups in total. The zero-order chi connectivity index (χ0) is 16.7. The summed E-state index contributed by atoms with van der Waals surface area (Å²) in [5.74, 6) is 0. The predicted octanol–water partition coefficient (Wildman–Crippen LogP) is -0.701. The Labute approximate surface area is 130 Å². The van der Waals surface area contributed by atoms with E-state index >= 15 is 0 Å². The van der Waals surface area contributed by atoms with Crippen LogP contribution in [0.15, 0.2) is 12.2 Å². The van der Waals surface area contributed by atoms with Crippen molar-refractivity contribution in [3.63, 3.8) is 0 Å². The van der Waals surface area contributed by atoms with Crippen LogP contribution in [-0.4, -0.2) is 75.1 Å². The maximum Gasteiger partial charge on any atom is 0.186 e. The molecule has 0 spiro atoms. The van der Waals surface area contributed by atoms with Crippen molar-refractivity contribution in [3.8, 4) is 0 Å². The first-order valence-corrected chi connectivity index (χ1v) is 7.69. The number of hydrogen-bond acceptors (Lipinski definition) is 7. The molecule has 7 heteroatoms. The number of hydrogen-bond donors (Lipinski definition) is 5. The first kappa shape index (κ1) is 19.5. The summed E-state index contributed by atoms with van der Waals surface area (Å²) in [4.78, 5) is 0. The summed E-state index contributed by atoms with van der Waals surface area (Å²) in [7, 11) is 0. The van der Waals surface area contributed by atoms with Gasteiger partial charge in [-0.05, 0) is 26.2 Å². The van der Waals surface area contributed by atoms with Gasteiger partial charge in [0.15, 0.2) is 6.29 Å². The minimum atomic E-state index is -1.46. The van der Waals surface area contributed by atoms with E-state index in [9.17, 15) is 20.4 Å². The van der Waals surface area contributed by atoms with Gasteiger partial charge in [0.2, 0.25) is 0 Å². The van der Waals surface area contributed by atoms with E-state index < -0.39 is 49.5 Å². The summed E-state index contributed by atoms with van der Waals surface area (Å²) < 4.78 is 10.7. The highest BCUT2D eigenvalue weighted by atomic mass is 16.7. The summed E-state index contributed by atoms with van der Waals surface area (Å²) in [6.07, 6.45) is -1.83. The number of allylic oxidation sites excluding steroid dienone is 1. The lowest BCUT2D eigenvalue weighted by Gasteiger charge is -2.40. The average Bonchev–Trinajstić information content (AvgIpc) is 2.48. The van der Waals surface area contributed by atoms with Crippen molar-refractivity contribution >= 4 is 0 Å². The van der Waals surface area contributed by atoms with Crippen molar-refractivity contribution in [2.75, 3.05) is 6.61 Å². The van der Waals surface area contributed by atoms with Gasteiger partial charge in [-0.25, -0.2) is 0 Å². The van der Waals surface area contributed by atoms with Crippen LogP contribution in [0.3, 0.4) is 0 Å². The topological polar surface area (TPSA) is 120 Å². The van der Waals surface area contributed by atoms with E-state index in [1.165, 1.54) is 0 Å². The Balaban J connectivity index is 2.48. The molecule has 130 valence electrons. The van der Waals surface area contributed by atoms with Gasteiger partial charge in [0.25, 0.3) is 0 Å². The molecule has 1 heterocycles. The van der Waals surface area contributed by atoms with Gasteiger partial charge in [-0.15, -0.1) is 0 Å². The van der Waals surface area contributed by atoms with E-state index in [1.54, 1.807) is 6.92 Å². The third-order valence-corrected chi connectivity index (χ3v) is 3.63. The van der Waals surface area contributed by atoms with Crippen molar-refractivity contribution in [3.05, 3.63) is 12.2 Å². The largest absolute Gasteiger partial charge is 0.394 e. The van der Waals surface area contributed by atoms with Crippen molar-refractivity contribution < 1.29 is 35.0 Å². The van der Waals surface area contributed by atoms with Crippen LogP contribution in [0, 0.1) is 0 Å². The lowest BCUT2D eigenvalue weighted by Crippen LogP contribution is -2.59. The molecule has 0 aliphatic carbocycles. The third kappa shape index (κ3) is 5.58. The van der Waals surface area contributed by atoms with Gasteiger partial charge in [-0.1, -0.05) is 19.1 Å². The van der Waals surface area contributed by atoms with Crippen LogP contribution in [0.5, 0.6) is 0 Å². The Kier molecular flexibility index (Phi) is 8.48. The number of aliphatic hydroxyl groups is 5. The van der Waals surface area contributed by atoms with Gasteiger partial charge in [-0.3, -0.25) is 0 Å². The van der Waals surface area contributed by atoms with Crippen LogP contribution in [0.4, 0.5) is 0 Å². The van der Waals surface area contributed by atoms with E-state index in [0.29, 0.717) is 12.8 Å². The summed E-state index contributed by atoms with van der Waals surface area (Å²) in [6.45, 7) is 3.23. The minimum Gasteiger partial charge on any atom is -0.394 e. The molecule has 0 aromatic carbocycles. The van der Waals surface area contributed by atoms with E-state index in [0.717, 1.165) is 6.42 Å². The molecule has 1 aliphatic heterocycles. The highest BCUT2D eigenvalue weighted by Crippen LogP contribution is 2.23. The molecule has 1 fully saturated rings. The standard InChI is InChI=1S/C15H28O7/c1-3-4-5-6-10(17)7-9(2)21-15-14(20)13(19)12(18)11(8-16)22-15/h4-5,9-20H,3,6-8H2,1-2H3/b5-4-/t9-,10+,11-,12-,13+,14-,15-/m1/s1. The van der Waals surface area contributed by atoms with Crippen LogP contribution in [-0.2, 0) is 9.47 Å². The summed E-state index contributed by atoms with van der Waals surface area (Å²) in [6, 6.07) is 0. The zero-order valence-electron chi connectivity index (χ0n) is 13.1. The average molecular weight is 320 g/mol. The molecular formula is C15H28O7. The summed E-state index contributed by atoms with van der Waals surface area (Å²) >= 11 is 0. The van der Waals surface area contributed by atoms with Crippen LogP contribution in [0.2, 0.25) is 0 Å². The number of aliphatic hydroxyl groups excluding tert-OH is 5. The first-order chi connectivity index (χ1) is 10.4. The van der Waals surface area contributed by atoms with Crippen molar-refractivity contribution in [2.24, 2.45) is 0 Å². The van der Waals surface area contributed by atoms with Crippen LogP contribution >= 0.6 is 0 Å². The smallest absolute Gasteiger partial charge is 0.186 e. The second-order valence-electron chi connectivity index (χ2n) is 5.65. The molecule has 0 radical (unpaired) electrons. The Morgan fingerprint density at radius 2 is 1.82 bits per heavy atom. The second kappa shape index (κ2) is 9.57. The maximum absolute atomic E-state index is 9.87. The van der Waals surface area contributed by atoms with Gasteiger partial charge in [0.1, 0.15) is 24.4 Å². The monoisotopic (exact) mass is 320 g/mol. The number of rotatable bonds is 8. The Hall–Kier alpha value is -0.540. The molecular weight excluding hydrogens is 292 g/mol. The van der Waals surface area contributed by atoms with Gasteiger partial charge in [-0.2, -0.15) is 0 Å². The van der Waals surface area contributed by atoms with Crippen LogP contribution < -0.4 is 0 Å². The fourth-order valence-corrected chi connectivity index (χ4v) is 2.36. The number of ether oxygens (including phenoxy) is 2. The summed E-state index contributed by atoms with van der Waals surface area (Å²) in [5.41, 5.74) is 0. The molecule has 0 unspecified atom stereocenters. The van der Waals surface area contributed by atoms with Gasteiger partial charge in [0, 0.05) is 0 Å². The molecule has 0 aromatic heterocycles. The van der Waals surface area contributed by atoms with Crippen molar-refractivity contribution in [1.82, 2.24) is 0 Å². The van der Waals surface area contributed by atoms with E-state index in [2.05, 4.69) is 0 Å².